The monoisotopic (exact) mass is 314 g/mol. The predicted octanol–water partition coefficient (Wildman–Crippen LogP) is 2.31. The molecule has 0 aliphatic heterocycles. The molecule has 6 heteroatoms. The topological polar surface area (TPSA) is 72.2 Å². The molecule has 0 radical (unpaired) electrons. The van der Waals surface area contributed by atoms with E-state index in [9.17, 15) is 9.59 Å². The molecular weight excluding hydrogens is 299 g/mol. The van der Waals surface area contributed by atoms with E-state index in [1.54, 1.807) is 18.2 Å². The summed E-state index contributed by atoms with van der Waals surface area (Å²) in [6.07, 6.45) is 2.55. The van der Waals surface area contributed by atoms with Gasteiger partial charge in [0.05, 0.1) is 22.4 Å². The summed E-state index contributed by atoms with van der Waals surface area (Å²) in [6, 6.07) is 5.01. The van der Waals surface area contributed by atoms with E-state index in [-0.39, 0.29) is 30.2 Å². The minimum Gasteiger partial charge on any atom is -0.369 e. The van der Waals surface area contributed by atoms with Gasteiger partial charge in [0.25, 0.3) is 0 Å². The Hall–Kier alpha value is -1.26. The summed E-state index contributed by atoms with van der Waals surface area (Å²) in [7, 11) is 0. The molecule has 108 valence electrons. The summed E-state index contributed by atoms with van der Waals surface area (Å²) in [5.74, 6) is -0.797. The molecule has 3 N–H and O–H groups in total. The van der Waals surface area contributed by atoms with Gasteiger partial charge in [-0.05, 0) is 24.5 Å². The van der Waals surface area contributed by atoms with Crippen LogP contribution in [0.25, 0.3) is 0 Å². The van der Waals surface area contributed by atoms with E-state index in [1.165, 1.54) is 0 Å². The Bertz CT molecular complexity index is 534. The lowest BCUT2D eigenvalue weighted by Gasteiger charge is -2.18. The summed E-state index contributed by atoms with van der Waals surface area (Å²) in [5, 5.41) is 3.68. The predicted molar refractivity (Wildman–Crippen MR) is 78.6 cm³/mol. The Kier molecular flexibility index (Phi) is 4.89. The Morgan fingerprint density at radius 1 is 1.30 bits per heavy atom. The van der Waals surface area contributed by atoms with Crippen LogP contribution in [-0.4, -0.2) is 17.9 Å². The highest BCUT2D eigenvalue weighted by Gasteiger charge is 2.32. The highest BCUT2D eigenvalue weighted by Crippen LogP contribution is 2.27. The SMILES string of the molecule is NC(=O)[C@H]1CCC[C@H]1NC(=O)Cc1cccc(Cl)c1Cl. The van der Waals surface area contributed by atoms with Crippen LogP contribution in [0.1, 0.15) is 24.8 Å². The molecule has 1 fully saturated rings. The van der Waals surface area contributed by atoms with Crippen LogP contribution in [0.2, 0.25) is 10.0 Å². The number of carbonyl (C=O) groups excluding carboxylic acids is 2. The van der Waals surface area contributed by atoms with Gasteiger partial charge in [0.1, 0.15) is 0 Å². The molecule has 2 atom stereocenters. The summed E-state index contributed by atoms with van der Waals surface area (Å²) < 4.78 is 0. The molecule has 20 heavy (non-hydrogen) atoms. The Balaban J connectivity index is 1.99. The third-order valence-electron chi connectivity index (χ3n) is 3.61. The molecular formula is C14H16Cl2N2O2. The van der Waals surface area contributed by atoms with Gasteiger partial charge in [-0.2, -0.15) is 0 Å². The summed E-state index contributed by atoms with van der Waals surface area (Å²) in [5.41, 5.74) is 6.00. The van der Waals surface area contributed by atoms with E-state index in [0.29, 0.717) is 15.6 Å². The van der Waals surface area contributed by atoms with Crippen LogP contribution in [0, 0.1) is 5.92 Å². The van der Waals surface area contributed by atoms with Crippen molar-refractivity contribution >= 4 is 35.0 Å². The van der Waals surface area contributed by atoms with Crippen LogP contribution in [0.5, 0.6) is 0 Å². The van der Waals surface area contributed by atoms with Crippen molar-refractivity contribution < 1.29 is 9.59 Å². The summed E-state index contributed by atoms with van der Waals surface area (Å²) in [6.45, 7) is 0. The van der Waals surface area contributed by atoms with Crippen molar-refractivity contribution in [2.24, 2.45) is 11.7 Å². The highest BCUT2D eigenvalue weighted by molar-refractivity contribution is 6.42. The third-order valence-corrected chi connectivity index (χ3v) is 4.47. The molecule has 1 aliphatic rings. The number of halogens is 2. The fourth-order valence-electron chi connectivity index (χ4n) is 2.59. The first-order valence-corrected chi connectivity index (χ1v) is 7.26. The number of primary amides is 1. The maximum atomic E-state index is 12.0. The van der Waals surface area contributed by atoms with E-state index in [4.69, 9.17) is 28.9 Å². The van der Waals surface area contributed by atoms with E-state index in [0.717, 1.165) is 19.3 Å². The maximum Gasteiger partial charge on any atom is 0.224 e. The molecule has 2 rings (SSSR count). The number of nitrogens with one attached hydrogen (secondary N) is 1. The lowest BCUT2D eigenvalue weighted by atomic mass is 10.0. The van der Waals surface area contributed by atoms with Crippen LogP contribution in [0.3, 0.4) is 0 Å². The Morgan fingerprint density at radius 3 is 2.75 bits per heavy atom. The largest absolute Gasteiger partial charge is 0.369 e. The number of rotatable bonds is 4. The number of hydrogen-bond acceptors (Lipinski definition) is 2. The van der Waals surface area contributed by atoms with Gasteiger partial charge in [-0.25, -0.2) is 0 Å². The standard InChI is InChI=1S/C14H16Cl2N2O2/c15-10-5-1-3-8(13(10)16)7-12(19)18-11-6-2-4-9(11)14(17)20/h1,3,5,9,11H,2,4,6-7H2,(H2,17,20)(H,18,19)/t9-,11+/m0/s1. The second kappa shape index (κ2) is 6.46. The second-order valence-electron chi connectivity index (χ2n) is 5.00. The molecule has 4 nitrogen and oxygen atoms in total. The molecule has 0 unspecified atom stereocenters. The first-order chi connectivity index (χ1) is 9.49. The normalized spacial score (nSPS) is 21.7. The van der Waals surface area contributed by atoms with E-state index >= 15 is 0 Å². The minimum absolute atomic E-state index is 0.140. The minimum atomic E-state index is -0.353. The number of amides is 2. The second-order valence-corrected chi connectivity index (χ2v) is 5.79. The van der Waals surface area contributed by atoms with Crippen LogP contribution in [0.4, 0.5) is 0 Å². The molecule has 0 spiro atoms. The molecule has 1 aromatic rings. The zero-order valence-electron chi connectivity index (χ0n) is 10.9. The van der Waals surface area contributed by atoms with E-state index in [1.807, 2.05) is 0 Å². The number of benzene rings is 1. The van der Waals surface area contributed by atoms with E-state index < -0.39 is 0 Å². The van der Waals surface area contributed by atoms with Gasteiger partial charge in [-0.3, -0.25) is 9.59 Å². The van der Waals surface area contributed by atoms with E-state index in [2.05, 4.69) is 5.32 Å². The molecule has 1 saturated carbocycles. The van der Waals surface area contributed by atoms with Gasteiger partial charge in [0, 0.05) is 6.04 Å². The van der Waals surface area contributed by atoms with Crippen molar-refractivity contribution in [3.63, 3.8) is 0 Å². The van der Waals surface area contributed by atoms with Gasteiger partial charge in [-0.15, -0.1) is 0 Å². The van der Waals surface area contributed by atoms with Gasteiger partial charge in [-0.1, -0.05) is 41.8 Å². The molecule has 0 aromatic heterocycles. The lowest BCUT2D eigenvalue weighted by Crippen LogP contribution is -2.42. The zero-order chi connectivity index (χ0) is 14.7. The van der Waals surface area contributed by atoms with Crippen LogP contribution >= 0.6 is 23.2 Å². The first-order valence-electron chi connectivity index (χ1n) is 6.50. The van der Waals surface area contributed by atoms with Gasteiger partial charge >= 0.3 is 0 Å². The van der Waals surface area contributed by atoms with Gasteiger partial charge < -0.3 is 11.1 Å². The highest BCUT2D eigenvalue weighted by atomic mass is 35.5. The molecule has 0 saturated heterocycles. The quantitative estimate of drug-likeness (QED) is 0.895. The van der Waals surface area contributed by atoms with Crippen molar-refractivity contribution in [1.82, 2.24) is 5.32 Å². The van der Waals surface area contributed by atoms with Crippen LogP contribution < -0.4 is 11.1 Å². The third kappa shape index (κ3) is 3.44. The number of hydrogen-bond donors (Lipinski definition) is 2. The summed E-state index contributed by atoms with van der Waals surface area (Å²) in [4.78, 5) is 23.3. The lowest BCUT2D eigenvalue weighted by molar-refractivity contribution is -0.124. The average molecular weight is 315 g/mol. The molecule has 0 heterocycles. The Labute approximate surface area is 127 Å². The Morgan fingerprint density at radius 2 is 2.05 bits per heavy atom. The maximum absolute atomic E-state index is 12.0. The van der Waals surface area contributed by atoms with Crippen LogP contribution in [0.15, 0.2) is 18.2 Å². The summed E-state index contributed by atoms with van der Waals surface area (Å²) >= 11 is 12.0. The smallest absolute Gasteiger partial charge is 0.224 e. The average Bonchev–Trinajstić information content (AvgIpc) is 2.83. The fourth-order valence-corrected chi connectivity index (χ4v) is 2.98. The van der Waals surface area contributed by atoms with Gasteiger partial charge in [0.15, 0.2) is 0 Å². The van der Waals surface area contributed by atoms with Crippen molar-refractivity contribution in [1.29, 1.82) is 0 Å². The van der Waals surface area contributed by atoms with Crippen molar-refractivity contribution in [3.8, 4) is 0 Å². The first kappa shape index (κ1) is 15.1. The molecule has 2 amide bonds. The van der Waals surface area contributed by atoms with Crippen molar-refractivity contribution in [3.05, 3.63) is 33.8 Å². The van der Waals surface area contributed by atoms with Gasteiger partial charge in [0.2, 0.25) is 11.8 Å². The zero-order valence-corrected chi connectivity index (χ0v) is 12.4. The van der Waals surface area contributed by atoms with Crippen molar-refractivity contribution in [2.45, 2.75) is 31.7 Å². The van der Waals surface area contributed by atoms with Crippen LogP contribution in [-0.2, 0) is 16.0 Å². The molecule has 1 aromatic carbocycles. The molecule has 0 bridgehead atoms. The van der Waals surface area contributed by atoms with Crippen molar-refractivity contribution in [2.75, 3.05) is 0 Å². The number of carbonyl (C=O) groups is 2. The fraction of sp³-hybridized carbons (Fsp3) is 0.429. The molecule has 1 aliphatic carbocycles. The number of nitrogens with two attached hydrogens (primary N) is 1.